The van der Waals surface area contributed by atoms with Gasteiger partial charge in [-0.15, -0.1) is 11.3 Å². The van der Waals surface area contributed by atoms with Gasteiger partial charge in [-0.05, 0) is 33.6 Å². The van der Waals surface area contributed by atoms with E-state index in [9.17, 15) is 13.2 Å². The summed E-state index contributed by atoms with van der Waals surface area (Å²) in [4.78, 5) is 19.6. The average Bonchev–Trinajstić information content (AvgIpc) is 3.18. The molecule has 0 saturated heterocycles. The number of fused-ring (bicyclic) bond motifs is 1. The maximum absolute atomic E-state index is 12.8. The number of imidazole rings is 1. The molecule has 23 heavy (non-hydrogen) atoms. The van der Waals surface area contributed by atoms with Gasteiger partial charge in [0.15, 0.2) is 14.8 Å². The van der Waals surface area contributed by atoms with Gasteiger partial charge in [0.2, 0.25) is 5.91 Å². The zero-order valence-electron chi connectivity index (χ0n) is 13.7. The van der Waals surface area contributed by atoms with Crippen LogP contribution in [0, 0.1) is 6.92 Å². The molecule has 1 amide bonds. The van der Waals surface area contributed by atoms with Gasteiger partial charge < -0.3 is 4.90 Å². The summed E-state index contributed by atoms with van der Waals surface area (Å²) in [5.74, 6) is -0.367. The van der Waals surface area contributed by atoms with Crippen molar-refractivity contribution in [2.24, 2.45) is 0 Å². The number of thiazole rings is 1. The summed E-state index contributed by atoms with van der Waals surface area (Å²) in [6, 6.07) is 0. The van der Waals surface area contributed by atoms with E-state index in [2.05, 4.69) is 4.98 Å². The number of hydrogen-bond donors (Lipinski definition) is 0. The summed E-state index contributed by atoms with van der Waals surface area (Å²) < 4.78 is 25.6. The third kappa shape index (κ3) is 2.57. The summed E-state index contributed by atoms with van der Waals surface area (Å²) in [6.07, 6.45) is 3.25. The first kappa shape index (κ1) is 16.4. The molecule has 0 unspecified atom stereocenters. The Hall–Kier alpha value is -1.41. The van der Waals surface area contributed by atoms with Gasteiger partial charge >= 0.3 is 0 Å². The Morgan fingerprint density at radius 1 is 1.48 bits per heavy atom. The highest BCUT2D eigenvalue weighted by atomic mass is 32.2. The lowest BCUT2D eigenvalue weighted by Crippen LogP contribution is -2.49. The van der Waals surface area contributed by atoms with Gasteiger partial charge in [0.05, 0.1) is 23.2 Å². The van der Waals surface area contributed by atoms with Gasteiger partial charge in [0, 0.05) is 18.6 Å². The molecule has 0 spiro atoms. The van der Waals surface area contributed by atoms with Crippen LogP contribution in [0.3, 0.4) is 0 Å². The third-order valence-electron chi connectivity index (χ3n) is 4.48. The van der Waals surface area contributed by atoms with Crippen LogP contribution in [0.15, 0.2) is 11.6 Å². The van der Waals surface area contributed by atoms with Crippen LogP contribution in [-0.4, -0.2) is 45.7 Å². The molecule has 0 N–H and O–H groups in total. The molecule has 1 fully saturated rings. The molecule has 1 saturated carbocycles. The topological polar surface area (TPSA) is 71.8 Å². The second kappa shape index (κ2) is 5.31. The number of hydrogen-bond acceptors (Lipinski definition) is 5. The molecule has 0 bridgehead atoms. The van der Waals surface area contributed by atoms with Gasteiger partial charge in [0.1, 0.15) is 4.75 Å². The average molecular weight is 355 g/mol. The smallest absolute Gasteiger partial charge is 0.243 e. The second-order valence-electron chi connectivity index (χ2n) is 6.62. The van der Waals surface area contributed by atoms with Gasteiger partial charge in [-0.25, -0.2) is 13.4 Å². The van der Waals surface area contributed by atoms with E-state index in [4.69, 9.17) is 0 Å². The van der Waals surface area contributed by atoms with Crippen LogP contribution in [0.4, 0.5) is 0 Å². The minimum absolute atomic E-state index is 0.339. The van der Waals surface area contributed by atoms with Crippen molar-refractivity contribution >= 4 is 32.0 Å². The molecule has 0 atom stereocenters. The zero-order chi connectivity index (χ0) is 17.0. The SMILES string of the molecule is Cc1nc2sccn2c1CN(C)C(=O)C(C)(C)S(=O)(=O)C1CC1. The summed E-state index contributed by atoms with van der Waals surface area (Å²) in [6.45, 7) is 5.28. The fourth-order valence-corrected chi connectivity index (χ4v) is 5.57. The lowest BCUT2D eigenvalue weighted by atomic mass is 10.1. The van der Waals surface area contributed by atoms with E-state index in [-0.39, 0.29) is 11.2 Å². The lowest BCUT2D eigenvalue weighted by molar-refractivity contribution is -0.132. The van der Waals surface area contributed by atoms with Crippen molar-refractivity contribution in [2.45, 2.75) is 50.2 Å². The molecule has 126 valence electrons. The Labute approximate surface area is 140 Å². The highest BCUT2D eigenvalue weighted by Crippen LogP contribution is 2.37. The van der Waals surface area contributed by atoms with Crippen molar-refractivity contribution < 1.29 is 13.2 Å². The third-order valence-corrected chi connectivity index (χ3v) is 8.19. The Bertz CT molecular complexity index is 860. The van der Waals surface area contributed by atoms with E-state index in [0.717, 1.165) is 16.3 Å². The van der Waals surface area contributed by atoms with E-state index in [1.165, 1.54) is 30.1 Å². The van der Waals surface area contributed by atoms with Crippen LogP contribution in [0.2, 0.25) is 0 Å². The number of sulfone groups is 1. The first-order valence-corrected chi connectivity index (χ1v) is 9.99. The highest BCUT2D eigenvalue weighted by molar-refractivity contribution is 7.94. The predicted molar refractivity (Wildman–Crippen MR) is 90.3 cm³/mol. The highest BCUT2D eigenvalue weighted by Gasteiger charge is 2.51. The first-order chi connectivity index (χ1) is 10.7. The van der Waals surface area contributed by atoms with Gasteiger partial charge in [-0.1, -0.05) is 0 Å². The molecule has 2 aromatic heterocycles. The number of carbonyl (C=O) groups is 1. The number of nitrogens with zero attached hydrogens (tertiary/aromatic N) is 3. The summed E-state index contributed by atoms with van der Waals surface area (Å²) >= 11 is 1.53. The number of carbonyl (C=O) groups excluding carboxylic acids is 1. The number of aryl methyl sites for hydroxylation is 1. The van der Waals surface area contributed by atoms with E-state index >= 15 is 0 Å². The fourth-order valence-electron chi connectivity index (χ4n) is 2.80. The largest absolute Gasteiger partial charge is 0.338 e. The van der Waals surface area contributed by atoms with E-state index in [0.29, 0.717) is 19.4 Å². The van der Waals surface area contributed by atoms with Gasteiger partial charge in [-0.3, -0.25) is 9.20 Å². The second-order valence-corrected chi connectivity index (χ2v) is 10.3. The zero-order valence-corrected chi connectivity index (χ0v) is 15.4. The Morgan fingerprint density at radius 3 is 2.74 bits per heavy atom. The van der Waals surface area contributed by atoms with Crippen LogP contribution in [0.5, 0.6) is 0 Å². The molecule has 8 heteroatoms. The van der Waals surface area contributed by atoms with Crippen LogP contribution in [-0.2, 0) is 21.2 Å². The Morgan fingerprint density at radius 2 is 2.13 bits per heavy atom. The van der Waals surface area contributed by atoms with Crippen molar-refractivity contribution in [1.82, 2.24) is 14.3 Å². The van der Waals surface area contributed by atoms with Crippen molar-refractivity contribution in [3.05, 3.63) is 23.0 Å². The number of rotatable bonds is 5. The molecule has 3 rings (SSSR count). The summed E-state index contributed by atoms with van der Waals surface area (Å²) in [5, 5.41) is 1.59. The van der Waals surface area contributed by atoms with Crippen molar-refractivity contribution in [3.63, 3.8) is 0 Å². The monoisotopic (exact) mass is 355 g/mol. The predicted octanol–water partition coefficient (Wildman–Crippen LogP) is 2.02. The number of aromatic nitrogens is 2. The molecular formula is C15H21N3O3S2. The van der Waals surface area contributed by atoms with Crippen LogP contribution in [0.25, 0.3) is 4.96 Å². The minimum atomic E-state index is -3.44. The Kier molecular flexibility index (Phi) is 3.79. The molecule has 1 aliphatic rings. The summed E-state index contributed by atoms with van der Waals surface area (Å²) in [7, 11) is -1.79. The molecule has 0 radical (unpaired) electrons. The first-order valence-electron chi connectivity index (χ1n) is 7.56. The molecule has 6 nitrogen and oxygen atoms in total. The maximum atomic E-state index is 12.8. The molecule has 0 aliphatic heterocycles. The van der Waals surface area contributed by atoms with Gasteiger partial charge in [-0.2, -0.15) is 0 Å². The van der Waals surface area contributed by atoms with Crippen molar-refractivity contribution in [3.8, 4) is 0 Å². The van der Waals surface area contributed by atoms with Crippen LogP contribution in [0.1, 0.15) is 38.1 Å². The maximum Gasteiger partial charge on any atom is 0.243 e. The Balaban J connectivity index is 1.85. The van der Waals surface area contributed by atoms with Gasteiger partial charge in [0.25, 0.3) is 0 Å². The van der Waals surface area contributed by atoms with Crippen molar-refractivity contribution in [1.29, 1.82) is 0 Å². The van der Waals surface area contributed by atoms with Crippen LogP contribution >= 0.6 is 11.3 Å². The quantitative estimate of drug-likeness (QED) is 0.823. The van der Waals surface area contributed by atoms with E-state index in [1.54, 1.807) is 7.05 Å². The number of amides is 1. The van der Waals surface area contributed by atoms with Crippen molar-refractivity contribution in [2.75, 3.05) is 7.05 Å². The molecule has 2 heterocycles. The normalized spacial score (nSPS) is 16.0. The lowest BCUT2D eigenvalue weighted by Gasteiger charge is -2.29. The standard InChI is InChI=1S/C15H21N3O3S2/c1-10-12(18-7-8-22-14(18)16-10)9-17(4)13(19)15(2,3)23(20,21)11-5-6-11/h7-8,11H,5-6,9H2,1-4H3. The molecule has 2 aromatic rings. The van der Waals surface area contributed by atoms with Crippen LogP contribution < -0.4 is 0 Å². The molecular weight excluding hydrogens is 334 g/mol. The molecule has 0 aromatic carbocycles. The minimum Gasteiger partial charge on any atom is -0.338 e. The fraction of sp³-hybridized carbons (Fsp3) is 0.600. The van der Waals surface area contributed by atoms with E-state index in [1.807, 2.05) is 22.9 Å². The van der Waals surface area contributed by atoms with E-state index < -0.39 is 14.6 Å². The summed E-state index contributed by atoms with van der Waals surface area (Å²) in [5.41, 5.74) is 1.77. The molecule has 1 aliphatic carbocycles.